The molecule has 4 saturated heterocycles. The topological polar surface area (TPSA) is 247 Å². The first-order chi connectivity index (χ1) is 34.4. The van der Waals surface area contributed by atoms with Gasteiger partial charge in [-0.1, -0.05) is 30.3 Å². The van der Waals surface area contributed by atoms with Gasteiger partial charge in [-0.3, -0.25) is 48.6 Å². The number of rotatable bonds is 15. The first-order valence-corrected chi connectivity index (χ1v) is 23.7. The summed E-state index contributed by atoms with van der Waals surface area (Å²) in [6, 6.07) is 17.9. The minimum atomic E-state index is -1.37. The molecule has 7 heterocycles. The number of nitrogen functional groups attached to an aromatic ring is 1. The zero-order chi connectivity index (χ0) is 49.3. The number of hydrogen-bond donors (Lipinski definition) is 4. The summed E-state index contributed by atoms with van der Waals surface area (Å²) in [7, 11) is 0. The number of amides is 6. The zero-order valence-corrected chi connectivity index (χ0v) is 38.5. The van der Waals surface area contributed by atoms with Crippen molar-refractivity contribution in [3.8, 4) is 11.3 Å². The van der Waals surface area contributed by atoms with E-state index in [1.165, 1.54) is 42.6 Å². The van der Waals surface area contributed by atoms with Crippen molar-refractivity contribution >= 4 is 58.6 Å². The molecule has 5 aromatic rings. The molecule has 5 aliphatic heterocycles. The number of hydrogen-bond acceptors (Lipinski definition) is 15. The molecule has 2 aromatic heterocycles. The van der Waals surface area contributed by atoms with Gasteiger partial charge in [-0.15, -0.1) is 0 Å². The molecule has 0 saturated carbocycles. The van der Waals surface area contributed by atoms with E-state index in [1.807, 2.05) is 15.8 Å². The molecule has 0 spiro atoms. The van der Waals surface area contributed by atoms with Crippen LogP contribution in [0.25, 0.3) is 11.3 Å². The number of benzene rings is 3. The summed E-state index contributed by atoms with van der Waals surface area (Å²) in [6.07, 6.45) is 7.47. The van der Waals surface area contributed by atoms with Crippen molar-refractivity contribution in [2.45, 2.75) is 68.8 Å². The van der Waals surface area contributed by atoms with Gasteiger partial charge < -0.3 is 30.9 Å². The Hall–Kier alpha value is -7.91. The number of anilines is 3. The van der Waals surface area contributed by atoms with Crippen LogP contribution in [0.2, 0.25) is 0 Å². The van der Waals surface area contributed by atoms with E-state index in [1.54, 1.807) is 42.6 Å². The molecule has 10 rings (SSSR count). The Balaban J connectivity index is 0.664. The Kier molecular flexibility index (Phi) is 13.1. The summed E-state index contributed by atoms with van der Waals surface area (Å²) in [6.45, 7) is 5.21. The van der Waals surface area contributed by atoms with Crippen molar-refractivity contribution < 1.29 is 42.7 Å². The van der Waals surface area contributed by atoms with Crippen LogP contribution in [-0.2, 0) is 23.9 Å². The molecule has 5 N–H and O–H groups in total. The van der Waals surface area contributed by atoms with Gasteiger partial charge in [-0.2, -0.15) is 5.10 Å². The van der Waals surface area contributed by atoms with Gasteiger partial charge in [0.15, 0.2) is 11.5 Å². The molecular weight excluding hydrogens is 916 g/mol. The van der Waals surface area contributed by atoms with Crippen LogP contribution in [0.3, 0.4) is 0 Å². The number of carbonyl (C=O) groups is 7. The normalized spacial score (nSPS) is 20.8. The summed E-state index contributed by atoms with van der Waals surface area (Å²) in [5.41, 5.74) is 8.44. The largest absolute Gasteiger partial charge is 0.442 e. The summed E-state index contributed by atoms with van der Waals surface area (Å²) >= 11 is 0. The van der Waals surface area contributed by atoms with E-state index in [9.17, 15) is 38.0 Å². The third kappa shape index (κ3) is 9.82. The number of halogens is 1. The minimum absolute atomic E-state index is 0.0325. The molecule has 366 valence electrons. The number of nitrogens with zero attached hydrogens (tertiary/aromatic N) is 8. The number of likely N-dealkylation sites (tertiary alicyclic amines) is 3. The SMILES string of the molecule is Nc1ncc(-c2cnn(C3CCN(CCCN4CC5CC4CN5C(=O)CNc4ccc5c(c4)C(=O)N(C4CCC(=O)NC4=O)C5=O)CC3)c2)nc1C(=O)O[C@@H](C(=O)Nc1ccc(F)cc1)c1ccccc1. The predicted molar refractivity (Wildman–Crippen MR) is 254 cm³/mol. The van der Waals surface area contributed by atoms with Crippen LogP contribution in [-0.4, -0.2) is 145 Å². The fourth-order valence-corrected chi connectivity index (χ4v) is 10.3. The fourth-order valence-electron chi connectivity index (χ4n) is 10.3. The fraction of sp³-hybridized carbons (Fsp3) is 0.360. The van der Waals surface area contributed by atoms with Gasteiger partial charge in [0, 0.05) is 73.4 Å². The molecule has 5 aliphatic rings. The molecular formula is C50H51FN12O8. The second kappa shape index (κ2) is 19.8. The lowest BCUT2D eigenvalue weighted by atomic mass is 10.0. The number of esters is 1. The maximum Gasteiger partial charge on any atom is 0.361 e. The van der Waals surface area contributed by atoms with Crippen LogP contribution in [0.1, 0.15) is 87.4 Å². The van der Waals surface area contributed by atoms with Gasteiger partial charge in [0.1, 0.15) is 11.9 Å². The molecule has 4 fully saturated rings. The molecule has 6 amide bonds. The Morgan fingerprint density at radius 2 is 1.62 bits per heavy atom. The van der Waals surface area contributed by atoms with Gasteiger partial charge in [-0.25, -0.2) is 19.2 Å². The average Bonchev–Trinajstić information content (AvgIpc) is 4.18. The van der Waals surface area contributed by atoms with Crippen LogP contribution >= 0.6 is 0 Å². The second-order valence-corrected chi connectivity index (χ2v) is 18.5. The highest BCUT2D eigenvalue weighted by Gasteiger charge is 2.46. The lowest BCUT2D eigenvalue weighted by Crippen LogP contribution is -2.54. The molecule has 0 radical (unpaired) electrons. The molecule has 21 heteroatoms. The molecule has 20 nitrogen and oxygen atoms in total. The minimum Gasteiger partial charge on any atom is -0.442 e. The summed E-state index contributed by atoms with van der Waals surface area (Å²) in [4.78, 5) is 107. The Bertz CT molecular complexity index is 2910. The quantitative estimate of drug-likeness (QED) is 0.0868. The standard InChI is InChI=1S/C50H51FN12O8/c51-31-7-9-32(10-8-31)56-47(67)44(29-5-2-1-3-6-29)71-50(70)43-45(52)54-24-39(57-43)30-23-55-62(26-30)34-15-19-59(20-16-34)17-4-18-60-27-36-22-35(60)28-61(36)42(65)25-53-33-11-12-37-38(21-33)49(69)63(48(37)68)40-13-14-41(64)58-46(40)66/h1-3,5-12,21,23-24,26,34-36,40,44,53H,4,13-20,22,25,27-28H2,(H2,52,54)(H,56,67)(H,58,64,66)/t35?,36?,40?,44-/m1/s1. The summed E-state index contributed by atoms with van der Waals surface area (Å²) < 4.78 is 21.1. The number of nitrogens with one attached hydrogen (secondary N) is 3. The highest BCUT2D eigenvalue weighted by molar-refractivity contribution is 6.23. The molecule has 2 bridgehead atoms. The lowest BCUT2D eigenvalue weighted by molar-refractivity contribution is -0.136. The van der Waals surface area contributed by atoms with E-state index >= 15 is 0 Å². The van der Waals surface area contributed by atoms with Crippen molar-refractivity contribution in [1.82, 2.24) is 44.7 Å². The van der Waals surface area contributed by atoms with Crippen LogP contribution in [0, 0.1) is 5.82 Å². The smallest absolute Gasteiger partial charge is 0.361 e. The number of ether oxygens (including phenoxy) is 1. The Morgan fingerprint density at radius 3 is 2.37 bits per heavy atom. The Morgan fingerprint density at radius 1 is 0.859 bits per heavy atom. The number of aromatic nitrogens is 4. The van der Waals surface area contributed by atoms with E-state index in [-0.39, 0.29) is 60.0 Å². The average molecular weight is 967 g/mol. The third-order valence-electron chi connectivity index (χ3n) is 14.0. The maximum absolute atomic E-state index is 13.6. The van der Waals surface area contributed by atoms with Gasteiger partial charge in [0.2, 0.25) is 23.8 Å². The van der Waals surface area contributed by atoms with Crippen LogP contribution < -0.4 is 21.7 Å². The first-order valence-electron chi connectivity index (χ1n) is 23.7. The molecule has 71 heavy (non-hydrogen) atoms. The number of piperidine rings is 2. The molecule has 0 aliphatic carbocycles. The molecule has 3 aromatic carbocycles. The van der Waals surface area contributed by atoms with Crippen molar-refractivity contribution in [3.63, 3.8) is 0 Å². The van der Waals surface area contributed by atoms with E-state index in [4.69, 9.17) is 10.5 Å². The first kappa shape index (κ1) is 46.8. The van der Waals surface area contributed by atoms with Crippen molar-refractivity contribution in [3.05, 3.63) is 120 Å². The van der Waals surface area contributed by atoms with Crippen LogP contribution in [0.15, 0.2) is 91.4 Å². The highest BCUT2D eigenvalue weighted by Crippen LogP contribution is 2.33. The van der Waals surface area contributed by atoms with Gasteiger partial charge in [0.05, 0.1) is 41.8 Å². The third-order valence-corrected chi connectivity index (χ3v) is 14.0. The summed E-state index contributed by atoms with van der Waals surface area (Å²) in [5.74, 6) is -4.54. The van der Waals surface area contributed by atoms with Gasteiger partial charge in [-0.05, 0) is 87.7 Å². The number of carbonyl (C=O) groups excluding carboxylic acids is 7. The lowest BCUT2D eigenvalue weighted by Gasteiger charge is -2.35. The van der Waals surface area contributed by atoms with Crippen molar-refractivity contribution in [2.75, 3.05) is 62.2 Å². The van der Waals surface area contributed by atoms with Crippen molar-refractivity contribution in [2.24, 2.45) is 0 Å². The number of imide groups is 2. The van der Waals surface area contributed by atoms with Crippen LogP contribution in [0.5, 0.6) is 0 Å². The van der Waals surface area contributed by atoms with E-state index < -0.39 is 53.5 Å². The van der Waals surface area contributed by atoms with E-state index in [2.05, 4.69) is 40.8 Å². The van der Waals surface area contributed by atoms with E-state index in [0.717, 1.165) is 63.3 Å². The monoisotopic (exact) mass is 966 g/mol. The summed E-state index contributed by atoms with van der Waals surface area (Å²) in [5, 5.41) is 12.6. The maximum atomic E-state index is 13.6. The van der Waals surface area contributed by atoms with E-state index in [0.29, 0.717) is 40.8 Å². The number of fused-ring (bicyclic) bond motifs is 3. The van der Waals surface area contributed by atoms with Crippen molar-refractivity contribution in [1.29, 1.82) is 0 Å². The predicted octanol–water partition coefficient (Wildman–Crippen LogP) is 3.42. The number of nitrogens with two attached hydrogens (primary N) is 1. The number of piperazine rings is 1. The second-order valence-electron chi connectivity index (χ2n) is 18.5. The van der Waals surface area contributed by atoms with Crippen LogP contribution in [0.4, 0.5) is 21.6 Å². The highest BCUT2D eigenvalue weighted by atomic mass is 19.1. The molecule has 3 unspecified atom stereocenters. The molecule has 4 atom stereocenters. The van der Waals surface area contributed by atoms with Gasteiger partial charge in [0.25, 0.3) is 17.7 Å². The van der Waals surface area contributed by atoms with Gasteiger partial charge >= 0.3 is 5.97 Å². The Labute approximate surface area is 406 Å². The zero-order valence-electron chi connectivity index (χ0n) is 38.5.